The lowest BCUT2D eigenvalue weighted by atomic mass is 10.2. The second kappa shape index (κ2) is 9.46. The van der Waals surface area contributed by atoms with E-state index in [2.05, 4.69) is 10.4 Å². The minimum absolute atomic E-state index is 0.0342. The fourth-order valence-electron chi connectivity index (χ4n) is 2.66. The van der Waals surface area contributed by atoms with Crippen molar-refractivity contribution in [2.45, 2.75) is 0 Å². The van der Waals surface area contributed by atoms with E-state index in [1.807, 2.05) is 30.3 Å². The van der Waals surface area contributed by atoms with Gasteiger partial charge >= 0.3 is 5.97 Å². The molecule has 30 heavy (non-hydrogen) atoms. The van der Waals surface area contributed by atoms with Crippen LogP contribution in [0.2, 0.25) is 0 Å². The van der Waals surface area contributed by atoms with Gasteiger partial charge in [0.2, 0.25) is 5.69 Å². The van der Waals surface area contributed by atoms with Gasteiger partial charge in [0.15, 0.2) is 12.4 Å². The van der Waals surface area contributed by atoms with Crippen LogP contribution in [0.1, 0.15) is 10.5 Å². The molecular weight excluding hydrogens is 390 g/mol. The molecule has 3 aromatic rings. The molecule has 9 heteroatoms. The van der Waals surface area contributed by atoms with E-state index in [4.69, 9.17) is 18.9 Å². The maximum atomic E-state index is 12.4. The summed E-state index contributed by atoms with van der Waals surface area (Å²) in [6.07, 6.45) is 1.56. The quantitative estimate of drug-likeness (QED) is 0.569. The van der Waals surface area contributed by atoms with Crippen molar-refractivity contribution in [1.29, 1.82) is 0 Å². The van der Waals surface area contributed by atoms with Crippen LogP contribution in [0.15, 0.2) is 54.7 Å². The van der Waals surface area contributed by atoms with Crippen molar-refractivity contribution in [2.75, 3.05) is 33.3 Å². The molecule has 9 nitrogen and oxygen atoms in total. The predicted molar refractivity (Wildman–Crippen MR) is 109 cm³/mol. The number of anilines is 1. The summed E-state index contributed by atoms with van der Waals surface area (Å²) in [5.41, 5.74) is 1.11. The van der Waals surface area contributed by atoms with Gasteiger partial charge in [0.25, 0.3) is 5.91 Å². The van der Waals surface area contributed by atoms with Crippen molar-refractivity contribution in [3.8, 4) is 22.9 Å². The van der Waals surface area contributed by atoms with Gasteiger partial charge in [-0.25, -0.2) is 9.48 Å². The fourth-order valence-corrected chi connectivity index (χ4v) is 2.66. The summed E-state index contributed by atoms with van der Waals surface area (Å²) in [6.45, 7) is -0.513. The van der Waals surface area contributed by atoms with Crippen LogP contribution in [0.4, 0.5) is 5.69 Å². The van der Waals surface area contributed by atoms with Gasteiger partial charge in [-0.2, -0.15) is 5.10 Å². The van der Waals surface area contributed by atoms with E-state index in [0.29, 0.717) is 17.2 Å². The van der Waals surface area contributed by atoms with Crippen LogP contribution in [0.5, 0.6) is 17.2 Å². The zero-order valence-corrected chi connectivity index (χ0v) is 16.7. The van der Waals surface area contributed by atoms with Gasteiger partial charge < -0.3 is 24.3 Å². The molecule has 156 valence electrons. The third kappa shape index (κ3) is 4.69. The molecule has 1 aromatic heterocycles. The van der Waals surface area contributed by atoms with Crippen molar-refractivity contribution in [1.82, 2.24) is 9.78 Å². The molecule has 2 aromatic carbocycles. The Morgan fingerprint density at radius 1 is 0.967 bits per heavy atom. The van der Waals surface area contributed by atoms with Crippen molar-refractivity contribution < 1.29 is 28.5 Å². The van der Waals surface area contributed by atoms with Gasteiger partial charge in [0.1, 0.15) is 11.5 Å². The summed E-state index contributed by atoms with van der Waals surface area (Å²) < 4.78 is 22.2. The Balaban J connectivity index is 1.67. The molecular formula is C21H21N3O6. The number of carbonyl (C=O) groups excluding carboxylic acids is 2. The number of ether oxygens (including phenoxy) is 4. The minimum atomic E-state index is -0.783. The average molecular weight is 411 g/mol. The molecule has 1 heterocycles. The van der Waals surface area contributed by atoms with Gasteiger partial charge in [-0.05, 0) is 24.3 Å². The van der Waals surface area contributed by atoms with Crippen molar-refractivity contribution in [2.24, 2.45) is 0 Å². The standard InChI is InChI=1S/C21H21N3O6/c1-27-15-9-10-17(28-2)16(11-15)22-19(25)13-30-21(26)20-18(29-3)12-24(23-20)14-7-5-4-6-8-14/h4-12H,13H2,1-3H3,(H,22,25). The van der Waals surface area contributed by atoms with Crippen LogP contribution in [0.25, 0.3) is 5.69 Å². The number of nitrogens with zero attached hydrogens (tertiary/aromatic N) is 2. The number of hydrogen-bond donors (Lipinski definition) is 1. The molecule has 0 bridgehead atoms. The van der Waals surface area contributed by atoms with Crippen LogP contribution in [-0.4, -0.2) is 49.6 Å². The van der Waals surface area contributed by atoms with Crippen molar-refractivity contribution in [3.63, 3.8) is 0 Å². The normalized spacial score (nSPS) is 10.2. The average Bonchev–Trinajstić information content (AvgIpc) is 3.22. The first-order chi connectivity index (χ1) is 14.5. The van der Waals surface area contributed by atoms with E-state index >= 15 is 0 Å². The number of nitrogens with one attached hydrogen (secondary N) is 1. The Morgan fingerprint density at radius 3 is 2.37 bits per heavy atom. The van der Waals surface area contributed by atoms with E-state index < -0.39 is 18.5 Å². The zero-order chi connectivity index (χ0) is 21.5. The third-order valence-electron chi connectivity index (χ3n) is 4.13. The number of aromatic nitrogens is 2. The predicted octanol–water partition coefficient (Wildman–Crippen LogP) is 2.69. The molecule has 0 unspecified atom stereocenters. The lowest BCUT2D eigenvalue weighted by Gasteiger charge is -2.11. The minimum Gasteiger partial charge on any atom is -0.497 e. The number of amides is 1. The molecule has 0 aliphatic rings. The molecule has 1 amide bonds. The number of carbonyl (C=O) groups is 2. The molecule has 3 rings (SSSR count). The van der Waals surface area contributed by atoms with E-state index in [1.54, 1.807) is 24.4 Å². The van der Waals surface area contributed by atoms with E-state index in [-0.39, 0.29) is 11.4 Å². The van der Waals surface area contributed by atoms with Crippen LogP contribution in [0, 0.1) is 0 Å². The molecule has 0 fully saturated rings. The first kappa shape index (κ1) is 20.7. The second-order valence-electron chi connectivity index (χ2n) is 6.02. The molecule has 0 saturated heterocycles. The van der Waals surface area contributed by atoms with Crippen LogP contribution >= 0.6 is 0 Å². The summed E-state index contributed by atoms with van der Waals surface area (Å²) in [7, 11) is 4.41. The Morgan fingerprint density at radius 2 is 1.70 bits per heavy atom. The Kier molecular flexibility index (Phi) is 6.53. The molecule has 0 aliphatic carbocycles. The van der Waals surface area contributed by atoms with Crippen molar-refractivity contribution >= 4 is 17.6 Å². The molecule has 0 radical (unpaired) electrons. The number of para-hydroxylation sites is 1. The second-order valence-corrected chi connectivity index (χ2v) is 6.02. The van der Waals surface area contributed by atoms with Gasteiger partial charge in [-0.15, -0.1) is 0 Å². The highest BCUT2D eigenvalue weighted by Crippen LogP contribution is 2.28. The summed E-state index contributed by atoms with van der Waals surface area (Å²) >= 11 is 0. The van der Waals surface area contributed by atoms with Crippen molar-refractivity contribution in [3.05, 3.63) is 60.4 Å². The topological polar surface area (TPSA) is 101 Å². The highest BCUT2D eigenvalue weighted by molar-refractivity contribution is 5.96. The number of rotatable bonds is 8. The lowest BCUT2D eigenvalue weighted by Crippen LogP contribution is -2.21. The van der Waals surface area contributed by atoms with Gasteiger partial charge in [-0.3, -0.25) is 4.79 Å². The summed E-state index contributed by atoms with van der Waals surface area (Å²) in [6, 6.07) is 14.2. The first-order valence-electron chi connectivity index (χ1n) is 8.93. The van der Waals surface area contributed by atoms with Crippen LogP contribution in [0.3, 0.4) is 0 Å². The monoisotopic (exact) mass is 411 g/mol. The van der Waals surface area contributed by atoms with Gasteiger partial charge in [-0.1, -0.05) is 18.2 Å². The highest BCUT2D eigenvalue weighted by Gasteiger charge is 2.21. The molecule has 1 N–H and O–H groups in total. The molecule has 0 saturated carbocycles. The molecule has 0 aliphatic heterocycles. The Labute approximate surface area is 173 Å². The number of methoxy groups -OCH3 is 3. The maximum absolute atomic E-state index is 12.4. The van der Waals surface area contributed by atoms with Gasteiger partial charge in [0.05, 0.1) is 38.9 Å². The zero-order valence-electron chi connectivity index (χ0n) is 16.7. The van der Waals surface area contributed by atoms with Gasteiger partial charge in [0, 0.05) is 6.07 Å². The largest absolute Gasteiger partial charge is 0.497 e. The number of esters is 1. The Hall–Kier alpha value is -4.01. The fraction of sp³-hybridized carbons (Fsp3) is 0.190. The number of benzene rings is 2. The Bertz CT molecular complexity index is 1030. The molecule has 0 atom stereocenters. The summed E-state index contributed by atoms with van der Waals surface area (Å²) in [4.78, 5) is 24.7. The summed E-state index contributed by atoms with van der Waals surface area (Å²) in [5.74, 6) is -0.109. The number of hydrogen-bond acceptors (Lipinski definition) is 7. The molecule has 0 spiro atoms. The van der Waals surface area contributed by atoms with E-state index in [0.717, 1.165) is 5.69 Å². The maximum Gasteiger partial charge on any atom is 0.363 e. The lowest BCUT2D eigenvalue weighted by molar-refractivity contribution is -0.119. The van der Waals surface area contributed by atoms with Crippen LogP contribution in [-0.2, 0) is 9.53 Å². The highest BCUT2D eigenvalue weighted by atomic mass is 16.5. The smallest absolute Gasteiger partial charge is 0.363 e. The first-order valence-corrected chi connectivity index (χ1v) is 8.93. The van der Waals surface area contributed by atoms with E-state index in [1.165, 1.54) is 26.0 Å². The van der Waals surface area contributed by atoms with E-state index in [9.17, 15) is 9.59 Å². The van der Waals surface area contributed by atoms with Crippen LogP contribution < -0.4 is 19.5 Å². The summed E-state index contributed by atoms with van der Waals surface area (Å²) in [5, 5.41) is 6.84. The SMILES string of the molecule is COc1ccc(OC)c(NC(=O)COC(=O)c2nn(-c3ccccc3)cc2OC)c1. The third-order valence-corrected chi connectivity index (χ3v) is 4.13.